The van der Waals surface area contributed by atoms with Crippen LogP contribution >= 0.6 is 0 Å². The molecule has 81 heavy (non-hydrogen) atoms. The Morgan fingerprint density at radius 3 is 1.73 bits per heavy atom. The van der Waals surface area contributed by atoms with Crippen molar-refractivity contribution < 1.29 is 94.4 Å². The fourth-order valence-electron chi connectivity index (χ4n) is 16.1. The number of hydrogen-bond donors (Lipinski definition) is 3. The van der Waals surface area contributed by atoms with Gasteiger partial charge in [0.25, 0.3) is 0 Å². The quantitative estimate of drug-likeness (QED) is 0.0639. The van der Waals surface area contributed by atoms with E-state index in [1.165, 1.54) is 46.0 Å². The molecule has 10 bridgehead atoms. The summed E-state index contributed by atoms with van der Waals surface area (Å²) in [6.07, 6.45) is 9.27. The molecule has 8 saturated carbocycles. The van der Waals surface area contributed by atoms with Crippen LogP contribution in [0.2, 0.25) is 0 Å². The topological polar surface area (TPSA) is 211 Å². The van der Waals surface area contributed by atoms with Crippen LogP contribution in [0.15, 0.2) is 0 Å². The van der Waals surface area contributed by atoms with Gasteiger partial charge < -0.3 is 48.5 Å². The minimum absolute atomic E-state index is 0.0455. The monoisotopic (exact) mass is 1160 g/mol. The third-order valence-corrected chi connectivity index (χ3v) is 22.4. The zero-order valence-corrected chi connectivity index (χ0v) is 50.1. The number of rotatable bonds is 14. The number of fused-ring (bicyclic) bond motifs is 10. The van der Waals surface area contributed by atoms with Gasteiger partial charge in [-0.3, -0.25) is 24.0 Å². The van der Waals surface area contributed by atoms with Crippen molar-refractivity contribution in [1.29, 1.82) is 0 Å². The summed E-state index contributed by atoms with van der Waals surface area (Å²) < 4.78 is 103. The lowest BCUT2D eigenvalue weighted by Crippen LogP contribution is -2.63. The van der Waals surface area contributed by atoms with Gasteiger partial charge >= 0.3 is 47.7 Å². The lowest BCUT2D eigenvalue weighted by molar-refractivity contribution is -0.409. The Bertz CT molecular complexity index is 2370. The highest BCUT2D eigenvalue weighted by Crippen LogP contribution is 2.71. The van der Waals surface area contributed by atoms with E-state index in [9.17, 15) is 61.2 Å². The van der Waals surface area contributed by atoms with Crippen LogP contribution in [-0.2, 0) is 57.1 Å². The first-order chi connectivity index (χ1) is 37.3. The number of carbonyl (C=O) groups is 5. The number of aliphatic hydroxyl groups excluding tert-OH is 1. The number of aliphatic hydroxyl groups is 3. The van der Waals surface area contributed by atoms with Crippen LogP contribution in [0.1, 0.15) is 199 Å². The summed E-state index contributed by atoms with van der Waals surface area (Å²) in [4.78, 5) is 60.6. The van der Waals surface area contributed by atoms with Crippen LogP contribution in [0.4, 0.5) is 22.0 Å². The number of ether oxygens (including phenoxy) is 7. The average Bonchev–Trinajstić information content (AvgIpc) is 3.61. The van der Waals surface area contributed by atoms with Gasteiger partial charge in [-0.25, -0.2) is 0 Å². The normalized spacial score (nSPS) is 42.1. The van der Waals surface area contributed by atoms with Crippen LogP contribution in [-0.4, -0.2) is 123 Å². The number of hydrogen-bond acceptors (Lipinski definition) is 15. The highest BCUT2D eigenvalue weighted by Gasteiger charge is 2.83. The van der Waals surface area contributed by atoms with E-state index in [-0.39, 0.29) is 66.0 Å². The second kappa shape index (κ2) is 21.6. The van der Waals surface area contributed by atoms with Crippen molar-refractivity contribution in [2.45, 2.75) is 264 Å². The summed E-state index contributed by atoms with van der Waals surface area (Å²) in [6, 6.07) is 0. The van der Waals surface area contributed by atoms with E-state index in [4.69, 9.17) is 23.7 Å². The fourth-order valence-corrected chi connectivity index (χ4v) is 16.1. The molecule has 12 rings (SSSR count). The molecular weight excluding hydrogens is 1070 g/mol. The van der Waals surface area contributed by atoms with Crippen molar-refractivity contribution >= 4 is 29.8 Å². The van der Waals surface area contributed by atoms with Crippen LogP contribution in [0.5, 0.6) is 0 Å². The SMILES string of the molecule is CCC(C)(C)C(=O)OC1(C)COC(O)(C(F)(F)F)C1(F)F.CCC(C)(C)C(=O)OC1(CC)CC2CC1C1C3CCC(C3)C21.CCC(C)(C)C(=O)OC1C2CC3C(=O)OC1C3O2.CCC(C)(CO)C(=O)OC12CC3CC(CC(O)(C3)C1)C2. The molecule has 4 saturated heterocycles. The van der Waals surface area contributed by atoms with Crippen LogP contribution in [0, 0.1) is 74.9 Å². The number of esters is 5. The molecule has 4 aliphatic heterocycles. The van der Waals surface area contributed by atoms with Gasteiger partial charge in [-0.2, -0.15) is 22.0 Å². The van der Waals surface area contributed by atoms with E-state index in [1.54, 1.807) is 13.8 Å². The standard InChI is InChI=1S/C20H32O2.C16H26O4.C13H18O5.C12H17F5O4/c1-5-19(3,4)18(21)22-20(6-2)11-14-10-15(20)17-13-8-7-12(9-13)16(14)17;1-3-14(2,10-17)13(18)20-16-7-11-4-12(8-16)6-15(19,5-11)9-16;1-4-13(2,3)12(15)18-9-7-5-6-8(16-7)10(9)17-11(6)14;1-5-8(2,3)7(18)21-9(4)6-20-11(19,10(9,13)14)12(15,16)17/h12-17H,5-11H2,1-4H3;11-12,17,19H,3-10H2,1-2H3;6-10H,4-5H2,1-3H3;19H,5-6H2,1-4H3. The first-order valence-corrected chi connectivity index (χ1v) is 30.2. The van der Waals surface area contributed by atoms with Gasteiger partial charge in [0.15, 0.2) is 12.2 Å². The van der Waals surface area contributed by atoms with Crippen LogP contribution in [0.25, 0.3) is 0 Å². The number of carbonyl (C=O) groups excluding carboxylic acids is 5. The Morgan fingerprint density at radius 2 is 1.22 bits per heavy atom. The van der Waals surface area contributed by atoms with E-state index >= 15 is 0 Å². The van der Waals surface area contributed by atoms with Crippen molar-refractivity contribution in [3.8, 4) is 0 Å². The molecule has 4 heterocycles. The predicted molar refractivity (Wildman–Crippen MR) is 282 cm³/mol. The average molecular weight is 1160 g/mol. The third-order valence-electron chi connectivity index (χ3n) is 22.4. The second-order valence-electron chi connectivity index (χ2n) is 29.0. The molecule has 0 radical (unpaired) electrons. The fraction of sp³-hybridized carbons (Fsp3) is 0.918. The summed E-state index contributed by atoms with van der Waals surface area (Å²) in [6.45, 7) is 21.3. The van der Waals surface area contributed by atoms with Crippen LogP contribution < -0.4 is 0 Å². The molecule has 17 atom stereocenters. The molecule has 462 valence electrons. The molecule has 20 heteroatoms. The lowest BCUT2D eigenvalue weighted by atomic mass is 9.52. The molecule has 0 spiro atoms. The van der Waals surface area contributed by atoms with E-state index in [1.807, 2.05) is 41.5 Å². The van der Waals surface area contributed by atoms with E-state index in [0.717, 1.165) is 74.5 Å². The highest BCUT2D eigenvalue weighted by molar-refractivity contribution is 5.79. The highest BCUT2D eigenvalue weighted by atomic mass is 19.4. The third kappa shape index (κ3) is 11.0. The Morgan fingerprint density at radius 1 is 0.667 bits per heavy atom. The lowest BCUT2D eigenvalue weighted by Gasteiger charge is -2.59. The molecule has 0 amide bonds. The Kier molecular flexibility index (Phi) is 17.0. The maximum atomic E-state index is 14.0. The minimum atomic E-state index is -5.74. The zero-order chi connectivity index (χ0) is 60.3. The maximum Gasteiger partial charge on any atom is 0.449 e. The predicted octanol–water partition coefficient (Wildman–Crippen LogP) is 10.5. The maximum absolute atomic E-state index is 14.0. The smallest absolute Gasteiger partial charge is 0.449 e. The van der Waals surface area contributed by atoms with E-state index in [0.29, 0.717) is 50.4 Å². The van der Waals surface area contributed by atoms with Gasteiger partial charge in [-0.15, -0.1) is 0 Å². The summed E-state index contributed by atoms with van der Waals surface area (Å²) in [5, 5.41) is 29.3. The Hall–Kier alpha value is -3.20. The van der Waals surface area contributed by atoms with Crippen molar-refractivity contribution in [2.75, 3.05) is 13.2 Å². The van der Waals surface area contributed by atoms with Gasteiger partial charge in [-0.05, 0) is 200 Å². The second-order valence-corrected chi connectivity index (χ2v) is 29.0. The van der Waals surface area contributed by atoms with E-state index < -0.39 is 75.7 Å². The van der Waals surface area contributed by atoms with Gasteiger partial charge in [0.2, 0.25) is 5.60 Å². The first-order valence-electron chi connectivity index (χ1n) is 30.2. The van der Waals surface area contributed by atoms with Crippen molar-refractivity contribution in [3.63, 3.8) is 0 Å². The molecular formula is C61H93F5O15. The molecule has 3 N–H and O–H groups in total. The molecule has 17 unspecified atom stereocenters. The van der Waals surface area contributed by atoms with Crippen molar-refractivity contribution in [2.24, 2.45) is 74.9 Å². The molecule has 12 fully saturated rings. The summed E-state index contributed by atoms with van der Waals surface area (Å²) >= 11 is 0. The molecule has 0 aromatic heterocycles. The number of alkyl halides is 5. The first kappa shape index (κ1) is 63.8. The number of halogens is 5. The minimum Gasteiger partial charge on any atom is -0.458 e. The molecule has 0 aromatic carbocycles. The summed E-state index contributed by atoms with van der Waals surface area (Å²) in [5.74, 6) is -5.13. The molecule has 12 aliphatic rings. The van der Waals surface area contributed by atoms with Crippen molar-refractivity contribution in [1.82, 2.24) is 0 Å². The zero-order valence-electron chi connectivity index (χ0n) is 50.1. The Labute approximate surface area is 474 Å². The van der Waals surface area contributed by atoms with Crippen LogP contribution in [0.3, 0.4) is 0 Å². The Balaban J connectivity index is 0.000000142. The van der Waals surface area contributed by atoms with Gasteiger partial charge in [0, 0.05) is 12.3 Å². The van der Waals surface area contributed by atoms with Gasteiger partial charge in [0.1, 0.15) is 17.3 Å². The van der Waals surface area contributed by atoms with Gasteiger partial charge in [-0.1, -0.05) is 34.6 Å². The van der Waals surface area contributed by atoms with Crippen molar-refractivity contribution in [3.05, 3.63) is 0 Å². The summed E-state index contributed by atoms with van der Waals surface area (Å²) in [5.41, 5.74) is -6.94. The van der Waals surface area contributed by atoms with E-state index in [2.05, 4.69) is 23.3 Å². The van der Waals surface area contributed by atoms with Gasteiger partial charge in [0.05, 0.1) is 52.5 Å². The molecule has 8 aliphatic carbocycles. The largest absolute Gasteiger partial charge is 0.458 e. The molecule has 0 aromatic rings. The summed E-state index contributed by atoms with van der Waals surface area (Å²) in [7, 11) is 0. The molecule has 15 nitrogen and oxygen atoms in total.